The van der Waals surface area contributed by atoms with E-state index in [0.29, 0.717) is 6.42 Å². The molecule has 0 radical (unpaired) electrons. The normalized spacial score (nSPS) is 28.3. The fourth-order valence-electron chi connectivity index (χ4n) is 2.73. The minimum absolute atomic E-state index is 0.156. The average molecular weight is 272 g/mol. The van der Waals surface area contributed by atoms with Crippen molar-refractivity contribution < 1.29 is 14.6 Å². The number of morpholine rings is 1. The number of aliphatic carboxylic acids is 1. The molecule has 1 aliphatic rings. The molecule has 1 fully saturated rings. The summed E-state index contributed by atoms with van der Waals surface area (Å²) in [7, 11) is 0. The first-order chi connectivity index (χ1) is 8.73. The van der Waals surface area contributed by atoms with E-state index in [0.717, 1.165) is 19.6 Å². The molecule has 0 bridgehead atoms. The molecule has 1 unspecified atom stereocenters. The van der Waals surface area contributed by atoms with Crippen molar-refractivity contribution in [2.24, 2.45) is 0 Å². The van der Waals surface area contributed by atoms with Crippen LogP contribution < -0.4 is 5.32 Å². The second-order valence-electron chi connectivity index (χ2n) is 6.20. The standard InChI is InChI=1S/C14H28N2O3/c1-10(2)15-14(5,13(17)18)6-7-16-8-11(3)19-12(4)9-16/h10-12,15H,6-9H2,1-5H3,(H,17,18)/t11-,12+,14?. The van der Waals surface area contributed by atoms with Crippen LogP contribution in [0, 0.1) is 0 Å². The van der Waals surface area contributed by atoms with Crippen LogP contribution in [0.5, 0.6) is 0 Å². The number of hydrogen-bond donors (Lipinski definition) is 2. The van der Waals surface area contributed by atoms with Crippen LogP contribution >= 0.6 is 0 Å². The average Bonchev–Trinajstić information content (AvgIpc) is 2.24. The molecule has 19 heavy (non-hydrogen) atoms. The first kappa shape index (κ1) is 16.4. The van der Waals surface area contributed by atoms with Crippen LogP contribution in [0.2, 0.25) is 0 Å². The molecule has 5 nitrogen and oxygen atoms in total. The number of nitrogens with one attached hydrogen (secondary N) is 1. The smallest absolute Gasteiger partial charge is 0.323 e. The Balaban J connectivity index is 2.54. The van der Waals surface area contributed by atoms with Gasteiger partial charge in [0.1, 0.15) is 5.54 Å². The maximum atomic E-state index is 11.5. The Kier molecular flexibility index (Phi) is 5.77. The summed E-state index contributed by atoms with van der Waals surface area (Å²) in [4.78, 5) is 13.7. The third-order valence-electron chi connectivity index (χ3n) is 3.50. The van der Waals surface area contributed by atoms with Gasteiger partial charge in [0, 0.05) is 25.7 Å². The molecule has 0 aromatic rings. The van der Waals surface area contributed by atoms with E-state index < -0.39 is 11.5 Å². The monoisotopic (exact) mass is 272 g/mol. The lowest BCUT2D eigenvalue weighted by molar-refractivity contribution is -0.145. The lowest BCUT2D eigenvalue weighted by Crippen LogP contribution is -2.55. The predicted molar refractivity (Wildman–Crippen MR) is 75.4 cm³/mol. The highest BCUT2D eigenvalue weighted by Crippen LogP contribution is 2.16. The molecule has 0 amide bonds. The van der Waals surface area contributed by atoms with Crippen molar-refractivity contribution in [2.45, 2.75) is 64.8 Å². The molecule has 0 aromatic heterocycles. The first-order valence-corrected chi connectivity index (χ1v) is 7.12. The van der Waals surface area contributed by atoms with Crippen LogP contribution in [-0.4, -0.2) is 59.4 Å². The predicted octanol–water partition coefficient (Wildman–Crippen LogP) is 1.33. The molecule has 0 saturated carbocycles. The molecule has 0 aromatic carbocycles. The number of hydrogen-bond acceptors (Lipinski definition) is 4. The van der Waals surface area contributed by atoms with Crippen molar-refractivity contribution in [1.82, 2.24) is 10.2 Å². The molecule has 1 rings (SSSR count). The third kappa shape index (κ3) is 5.09. The molecule has 0 aliphatic carbocycles. The molecular formula is C14H28N2O3. The van der Waals surface area contributed by atoms with Crippen molar-refractivity contribution >= 4 is 5.97 Å². The number of carboxylic acids is 1. The van der Waals surface area contributed by atoms with Gasteiger partial charge in [-0.2, -0.15) is 0 Å². The fourth-order valence-corrected chi connectivity index (χ4v) is 2.73. The van der Waals surface area contributed by atoms with E-state index in [1.807, 2.05) is 13.8 Å². The van der Waals surface area contributed by atoms with Crippen LogP contribution in [0.4, 0.5) is 0 Å². The SMILES string of the molecule is CC(C)NC(C)(CCN1C[C@@H](C)O[C@@H](C)C1)C(=O)O. The summed E-state index contributed by atoms with van der Waals surface area (Å²) in [6.45, 7) is 12.4. The zero-order valence-electron chi connectivity index (χ0n) is 12.8. The van der Waals surface area contributed by atoms with Gasteiger partial charge in [0.05, 0.1) is 12.2 Å². The molecule has 2 N–H and O–H groups in total. The highest BCUT2D eigenvalue weighted by atomic mass is 16.5. The lowest BCUT2D eigenvalue weighted by Gasteiger charge is -2.37. The number of carboxylic acid groups (broad SMARTS) is 1. The van der Waals surface area contributed by atoms with Gasteiger partial charge in [-0.3, -0.25) is 15.0 Å². The molecule has 112 valence electrons. The van der Waals surface area contributed by atoms with Crippen LogP contribution in [0.25, 0.3) is 0 Å². The highest BCUT2D eigenvalue weighted by Gasteiger charge is 2.34. The van der Waals surface area contributed by atoms with E-state index in [2.05, 4.69) is 24.1 Å². The van der Waals surface area contributed by atoms with E-state index in [-0.39, 0.29) is 18.2 Å². The van der Waals surface area contributed by atoms with Gasteiger partial charge in [-0.25, -0.2) is 0 Å². The maximum Gasteiger partial charge on any atom is 0.323 e. The Morgan fingerprint density at radius 1 is 1.42 bits per heavy atom. The molecule has 3 atom stereocenters. The van der Waals surface area contributed by atoms with E-state index in [4.69, 9.17) is 4.74 Å². The van der Waals surface area contributed by atoms with E-state index >= 15 is 0 Å². The van der Waals surface area contributed by atoms with Crippen LogP contribution in [-0.2, 0) is 9.53 Å². The minimum atomic E-state index is -0.862. The zero-order chi connectivity index (χ0) is 14.6. The molecule has 0 spiro atoms. The van der Waals surface area contributed by atoms with Gasteiger partial charge in [-0.1, -0.05) is 0 Å². The largest absolute Gasteiger partial charge is 0.480 e. The number of ether oxygens (including phenoxy) is 1. The van der Waals surface area contributed by atoms with Gasteiger partial charge < -0.3 is 9.84 Å². The van der Waals surface area contributed by atoms with Crippen molar-refractivity contribution in [3.05, 3.63) is 0 Å². The Labute approximate surface area is 116 Å². The second kappa shape index (κ2) is 6.68. The number of nitrogens with zero attached hydrogens (tertiary/aromatic N) is 1. The number of carbonyl (C=O) groups is 1. The highest BCUT2D eigenvalue weighted by molar-refractivity contribution is 5.78. The molecule has 1 heterocycles. The summed E-state index contributed by atoms with van der Waals surface area (Å²) in [5.74, 6) is -0.782. The number of rotatable bonds is 6. The van der Waals surface area contributed by atoms with Crippen molar-refractivity contribution in [1.29, 1.82) is 0 Å². The summed E-state index contributed by atoms with van der Waals surface area (Å²) in [5.41, 5.74) is -0.862. The second-order valence-corrected chi connectivity index (χ2v) is 6.20. The van der Waals surface area contributed by atoms with Gasteiger partial charge in [-0.05, 0) is 41.0 Å². The summed E-state index contributed by atoms with van der Waals surface area (Å²) < 4.78 is 5.69. The fraction of sp³-hybridized carbons (Fsp3) is 0.929. The zero-order valence-corrected chi connectivity index (χ0v) is 12.8. The summed E-state index contributed by atoms with van der Waals surface area (Å²) in [6, 6.07) is 0.156. The van der Waals surface area contributed by atoms with Gasteiger partial charge in [-0.15, -0.1) is 0 Å². The minimum Gasteiger partial charge on any atom is -0.480 e. The van der Waals surface area contributed by atoms with E-state index in [1.54, 1.807) is 6.92 Å². The van der Waals surface area contributed by atoms with Gasteiger partial charge in [0.2, 0.25) is 0 Å². The summed E-state index contributed by atoms with van der Waals surface area (Å²) >= 11 is 0. The first-order valence-electron chi connectivity index (χ1n) is 7.12. The van der Waals surface area contributed by atoms with E-state index in [9.17, 15) is 9.90 Å². The summed E-state index contributed by atoms with van der Waals surface area (Å²) in [6.07, 6.45) is 1.04. The van der Waals surface area contributed by atoms with Crippen molar-refractivity contribution in [3.63, 3.8) is 0 Å². The van der Waals surface area contributed by atoms with Crippen molar-refractivity contribution in [3.8, 4) is 0 Å². The summed E-state index contributed by atoms with van der Waals surface area (Å²) in [5, 5.41) is 12.6. The van der Waals surface area contributed by atoms with Crippen LogP contribution in [0.1, 0.15) is 41.0 Å². The van der Waals surface area contributed by atoms with Crippen LogP contribution in [0.15, 0.2) is 0 Å². The maximum absolute atomic E-state index is 11.5. The van der Waals surface area contributed by atoms with Gasteiger partial charge in [0.15, 0.2) is 0 Å². The van der Waals surface area contributed by atoms with Crippen LogP contribution in [0.3, 0.4) is 0 Å². The Hall–Kier alpha value is -0.650. The third-order valence-corrected chi connectivity index (χ3v) is 3.50. The quantitative estimate of drug-likeness (QED) is 0.764. The Bertz CT molecular complexity index is 299. The molecule has 1 saturated heterocycles. The molecular weight excluding hydrogens is 244 g/mol. The Morgan fingerprint density at radius 2 is 1.95 bits per heavy atom. The van der Waals surface area contributed by atoms with Gasteiger partial charge >= 0.3 is 5.97 Å². The Morgan fingerprint density at radius 3 is 2.37 bits per heavy atom. The topological polar surface area (TPSA) is 61.8 Å². The lowest BCUT2D eigenvalue weighted by atomic mass is 9.96. The molecule has 1 aliphatic heterocycles. The van der Waals surface area contributed by atoms with Gasteiger partial charge in [0.25, 0.3) is 0 Å². The van der Waals surface area contributed by atoms with E-state index in [1.165, 1.54) is 0 Å². The van der Waals surface area contributed by atoms with Crippen molar-refractivity contribution in [2.75, 3.05) is 19.6 Å². The molecule has 5 heteroatoms.